The van der Waals surface area contributed by atoms with Crippen LogP contribution in [-0.4, -0.2) is 65.5 Å². The molecule has 2 unspecified atom stereocenters. The molecule has 2 atom stereocenters. The van der Waals surface area contributed by atoms with Gasteiger partial charge in [0.2, 0.25) is 10.0 Å². The minimum Gasteiger partial charge on any atom is -0.365 e. The van der Waals surface area contributed by atoms with Crippen molar-refractivity contribution in [2.75, 3.05) is 37.4 Å². The Bertz CT molecular complexity index is 958. The molecular formula is C17H24N6O3S. The summed E-state index contributed by atoms with van der Waals surface area (Å²) in [6.45, 7) is 4.44. The lowest BCUT2D eigenvalue weighted by molar-refractivity contribution is 0.100. The molecule has 27 heavy (non-hydrogen) atoms. The topological polar surface area (TPSA) is 124 Å². The van der Waals surface area contributed by atoms with Crippen LogP contribution in [0.15, 0.2) is 18.5 Å². The van der Waals surface area contributed by atoms with Crippen LogP contribution in [-0.2, 0) is 10.0 Å². The Morgan fingerprint density at radius 2 is 2.04 bits per heavy atom. The molecule has 2 aliphatic heterocycles. The van der Waals surface area contributed by atoms with Crippen LogP contribution in [0.1, 0.15) is 23.7 Å². The van der Waals surface area contributed by atoms with Crippen LogP contribution in [0.4, 0.5) is 5.69 Å². The molecule has 0 aliphatic carbocycles. The molecule has 1 amide bonds. The number of amides is 1. The van der Waals surface area contributed by atoms with E-state index in [2.05, 4.69) is 15.4 Å². The van der Waals surface area contributed by atoms with Crippen LogP contribution >= 0.6 is 0 Å². The van der Waals surface area contributed by atoms with Crippen LogP contribution in [0.5, 0.6) is 0 Å². The summed E-state index contributed by atoms with van der Waals surface area (Å²) in [4.78, 5) is 19.1. The van der Waals surface area contributed by atoms with Gasteiger partial charge in [0.25, 0.3) is 5.91 Å². The van der Waals surface area contributed by atoms with Crippen molar-refractivity contribution in [3.05, 3.63) is 24.0 Å². The lowest BCUT2D eigenvalue weighted by Gasteiger charge is -2.23. The molecule has 2 aromatic heterocycles. The number of nitrogens with one attached hydrogen (secondary N) is 2. The third-order valence-electron chi connectivity index (χ3n) is 5.43. The van der Waals surface area contributed by atoms with E-state index in [9.17, 15) is 13.2 Å². The number of aromatic nitrogens is 2. The minimum atomic E-state index is -3.15. The molecule has 4 N–H and O–H groups in total. The molecule has 0 bridgehead atoms. The van der Waals surface area contributed by atoms with Gasteiger partial charge in [-0.1, -0.05) is 6.92 Å². The third-order valence-corrected chi connectivity index (χ3v) is 7.44. The van der Waals surface area contributed by atoms with Crippen LogP contribution < -0.4 is 11.2 Å². The highest BCUT2D eigenvalue weighted by Crippen LogP contribution is 2.34. The Balaban J connectivity index is 1.50. The fourth-order valence-corrected chi connectivity index (χ4v) is 5.74. The number of anilines is 1. The first kappa shape index (κ1) is 18.2. The van der Waals surface area contributed by atoms with Gasteiger partial charge in [0, 0.05) is 44.0 Å². The molecule has 2 saturated heterocycles. The van der Waals surface area contributed by atoms with Crippen molar-refractivity contribution < 1.29 is 13.2 Å². The summed E-state index contributed by atoms with van der Waals surface area (Å²) in [6, 6.07) is 1.85. The highest BCUT2D eigenvalue weighted by molar-refractivity contribution is 7.89. The average Bonchev–Trinajstić information content (AvgIpc) is 3.28. The second-order valence-corrected chi connectivity index (χ2v) is 9.41. The second-order valence-electron chi connectivity index (χ2n) is 7.32. The van der Waals surface area contributed by atoms with Crippen LogP contribution in [0.2, 0.25) is 0 Å². The van der Waals surface area contributed by atoms with E-state index in [1.165, 1.54) is 6.20 Å². The summed E-state index contributed by atoms with van der Waals surface area (Å²) < 4.78 is 26.2. The van der Waals surface area contributed by atoms with Gasteiger partial charge in [-0.15, -0.1) is 0 Å². The van der Waals surface area contributed by atoms with Crippen molar-refractivity contribution in [1.82, 2.24) is 19.3 Å². The Kier molecular flexibility index (Phi) is 4.57. The van der Waals surface area contributed by atoms with E-state index in [0.717, 1.165) is 18.5 Å². The zero-order valence-electron chi connectivity index (χ0n) is 15.2. The van der Waals surface area contributed by atoms with E-state index in [1.807, 2.05) is 18.0 Å². The first-order valence-electron chi connectivity index (χ1n) is 9.14. The molecule has 4 rings (SSSR count). The van der Waals surface area contributed by atoms with Gasteiger partial charge in [0.1, 0.15) is 5.65 Å². The number of carbonyl (C=O) groups excluding carboxylic acids is 1. The Morgan fingerprint density at radius 3 is 2.67 bits per heavy atom. The smallest absolute Gasteiger partial charge is 0.252 e. The number of nitrogens with two attached hydrogens (primary N) is 1. The first-order chi connectivity index (χ1) is 12.9. The molecule has 2 aromatic rings. The molecule has 0 radical (unpaired) electrons. The number of hydrazine groups is 1. The molecule has 2 aliphatic rings. The van der Waals surface area contributed by atoms with E-state index >= 15 is 0 Å². The number of rotatable bonds is 6. The molecule has 9 nitrogen and oxygen atoms in total. The van der Waals surface area contributed by atoms with Gasteiger partial charge in [-0.05, 0) is 24.3 Å². The SMILES string of the molecule is CCCS(=O)(=O)N1CC2CN(Nc3c(C(N)=O)cnc4[nH]ccc34)CC2C1. The first-order valence-corrected chi connectivity index (χ1v) is 10.7. The fourth-order valence-electron chi connectivity index (χ4n) is 4.13. The van der Waals surface area contributed by atoms with E-state index in [-0.39, 0.29) is 17.6 Å². The molecular weight excluding hydrogens is 368 g/mol. The lowest BCUT2D eigenvalue weighted by Crippen LogP contribution is -2.36. The number of pyridine rings is 1. The summed E-state index contributed by atoms with van der Waals surface area (Å²) in [7, 11) is -3.15. The standard InChI is InChI=1S/C17H24N6O3S/c1-2-5-27(25,26)23-9-11-7-22(8-12(11)10-23)21-15-13-3-4-19-17(13)20-6-14(15)16(18)24/h3-4,6,11-12H,2,5,7-10H2,1H3,(H2,18,24)(H2,19,20,21). The molecule has 2 fully saturated rings. The predicted molar refractivity (Wildman–Crippen MR) is 102 cm³/mol. The number of H-pyrrole nitrogens is 1. The molecule has 10 heteroatoms. The number of fused-ring (bicyclic) bond motifs is 2. The quantitative estimate of drug-likeness (QED) is 0.661. The third kappa shape index (κ3) is 3.28. The Labute approximate surface area is 157 Å². The van der Waals surface area contributed by atoms with Crippen molar-refractivity contribution in [2.24, 2.45) is 17.6 Å². The molecule has 146 valence electrons. The number of sulfonamides is 1. The number of primary amides is 1. The maximum absolute atomic E-state index is 12.3. The average molecular weight is 392 g/mol. The van der Waals surface area contributed by atoms with Gasteiger partial charge in [0.05, 0.1) is 17.0 Å². The summed E-state index contributed by atoms with van der Waals surface area (Å²) in [5.74, 6) is 0.234. The van der Waals surface area contributed by atoms with Crippen molar-refractivity contribution in [1.29, 1.82) is 0 Å². The highest BCUT2D eigenvalue weighted by atomic mass is 32.2. The Hall–Kier alpha value is -2.17. The number of carbonyl (C=O) groups is 1. The van der Waals surface area contributed by atoms with Gasteiger partial charge in [0.15, 0.2) is 0 Å². The van der Waals surface area contributed by atoms with Crippen LogP contribution in [0.25, 0.3) is 11.0 Å². The van der Waals surface area contributed by atoms with Crippen LogP contribution in [0, 0.1) is 11.8 Å². The summed E-state index contributed by atoms with van der Waals surface area (Å²) in [5, 5.41) is 2.85. The monoisotopic (exact) mass is 392 g/mol. The van der Waals surface area contributed by atoms with E-state index < -0.39 is 15.9 Å². The van der Waals surface area contributed by atoms with Gasteiger partial charge in [-0.25, -0.2) is 22.7 Å². The fraction of sp³-hybridized carbons (Fsp3) is 0.529. The summed E-state index contributed by atoms with van der Waals surface area (Å²) in [5.41, 5.74) is 10.5. The van der Waals surface area contributed by atoms with Gasteiger partial charge < -0.3 is 16.1 Å². The van der Waals surface area contributed by atoms with Gasteiger partial charge in [-0.3, -0.25) is 4.79 Å². The maximum atomic E-state index is 12.3. The highest BCUT2D eigenvalue weighted by Gasteiger charge is 2.43. The number of nitrogens with zero attached hydrogens (tertiary/aromatic N) is 3. The maximum Gasteiger partial charge on any atom is 0.252 e. The predicted octanol–water partition coefficient (Wildman–Crippen LogP) is 0.592. The van der Waals surface area contributed by atoms with Crippen molar-refractivity contribution in [3.8, 4) is 0 Å². The van der Waals surface area contributed by atoms with Crippen molar-refractivity contribution >= 4 is 32.7 Å². The van der Waals surface area contributed by atoms with Crippen molar-refractivity contribution in [2.45, 2.75) is 13.3 Å². The van der Waals surface area contributed by atoms with Crippen molar-refractivity contribution in [3.63, 3.8) is 0 Å². The zero-order chi connectivity index (χ0) is 19.2. The molecule has 0 saturated carbocycles. The van der Waals surface area contributed by atoms with Gasteiger partial charge in [-0.2, -0.15) is 0 Å². The van der Waals surface area contributed by atoms with E-state index in [1.54, 1.807) is 10.5 Å². The number of hydrogen-bond donors (Lipinski definition) is 3. The number of hydrogen-bond acceptors (Lipinski definition) is 6. The zero-order valence-corrected chi connectivity index (χ0v) is 16.0. The molecule has 4 heterocycles. The van der Waals surface area contributed by atoms with E-state index in [0.29, 0.717) is 36.4 Å². The van der Waals surface area contributed by atoms with E-state index in [4.69, 9.17) is 5.73 Å². The Morgan fingerprint density at radius 1 is 1.33 bits per heavy atom. The largest absolute Gasteiger partial charge is 0.365 e. The van der Waals surface area contributed by atoms with Crippen LogP contribution in [0.3, 0.4) is 0 Å². The normalized spacial score (nSPS) is 23.7. The summed E-state index contributed by atoms with van der Waals surface area (Å²) >= 11 is 0. The number of aromatic amines is 1. The van der Waals surface area contributed by atoms with Gasteiger partial charge >= 0.3 is 0 Å². The molecule has 0 aromatic carbocycles. The molecule has 0 spiro atoms. The lowest BCUT2D eigenvalue weighted by atomic mass is 10.0. The minimum absolute atomic E-state index is 0.207. The second kappa shape index (κ2) is 6.77. The summed E-state index contributed by atoms with van der Waals surface area (Å²) in [6.07, 6.45) is 3.87.